The standard InChI is InChI=1S/C26H22O10/c1-3-32-26(31)23-11-17(30)25-19(7-5-9-21(25)36-23)34-13-15(28)12-33-18-6-4-8-20-24(18)16(29)10-22(35-20)14(2)27/h4-11,15,28H,3,12-13H2,1-2H3. The zero-order chi connectivity index (χ0) is 25.8. The van der Waals surface area contributed by atoms with Crippen LogP contribution in [0, 0.1) is 0 Å². The van der Waals surface area contributed by atoms with E-state index in [0.29, 0.717) is 0 Å². The first-order chi connectivity index (χ1) is 17.3. The van der Waals surface area contributed by atoms with Crippen molar-refractivity contribution < 1.29 is 37.7 Å². The highest BCUT2D eigenvalue weighted by molar-refractivity contribution is 5.94. The maximum atomic E-state index is 12.6. The fraction of sp³-hybridized carbons (Fsp3) is 0.231. The van der Waals surface area contributed by atoms with Gasteiger partial charge in [-0.3, -0.25) is 14.4 Å². The van der Waals surface area contributed by atoms with Gasteiger partial charge in [0.1, 0.15) is 52.8 Å². The van der Waals surface area contributed by atoms with Crippen LogP contribution in [0.1, 0.15) is 35.0 Å². The van der Waals surface area contributed by atoms with Gasteiger partial charge in [-0.1, -0.05) is 12.1 Å². The topological polar surface area (TPSA) is 142 Å². The Kier molecular flexibility index (Phi) is 7.16. The number of hydrogen-bond donors (Lipinski definition) is 1. The molecule has 10 heteroatoms. The van der Waals surface area contributed by atoms with Gasteiger partial charge in [-0.15, -0.1) is 0 Å². The summed E-state index contributed by atoms with van der Waals surface area (Å²) in [6.07, 6.45) is -1.13. The van der Waals surface area contributed by atoms with Gasteiger partial charge in [-0.25, -0.2) is 4.79 Å². The lowest BCUT2D eigenvalue weighted by atomic mass is 10.2. The number of carbonyl (C=O) groups is 2. The van der Waals surface area contributed by atoms with Gasteiger partial charge in [-0.2, -0.15) is 0 Å². The van der Waals surface area contributed by atoms with Gasteiger partial charge < -0.3 is 28.2 Å². The average molecular weight is 494 g/mol. The van der Waals surface area contributed by atoms with Gasteiger partial charge in [0, 0.05) is 19.1 Å². The Bertz CT molecular complexity index is 1560. The number of ketones is 1. The van der Waals surface area contributed by atoms with Crippen LogP contribution in [0.4, 0.5) is 0 Å². The number of aliphatic hydroxyl groups excluding tert-OH is 1. The van der Waals surface area contributed by atoms with E-state index in [1.165, 1.54) is 31.2 Å². The number of fused-ring (bicyclic) bond motifs is 2. The van der Waals surface area contributed by atoms with E-state index in [1.54, 1.807) is 19.1 Å². The van der Waals surface area contributed by atoms with Crippen LogP contribution in [0.5, 0.6) is 11.5 Å². The Hall–Kier alpha value is -4.44. The molecule has 0 aliphatic carbocycles. The van der Waals surface area contributed by atoms with Crippen LogP contribution in [0.3, 0.4) is 0 Å². The van der Waals surface area contributed by atoms with E-state index in [1.807, 2.05) is 0 Å². The number of hydrogen-bond acceptors (Lipinski definition) is 10. The lowest BCUT2D eigenvalue weighted by molar-refractivity contribution is 0.0490. The molecular formula is C26H22O10. The molecule has 0 radical (unpaired) electrons. The summed E-state index contributed by atoms with van der Waals surface area (Å²) in [4.78, 5) is 48.6. The fourth-order valence-electron chi connectivity index (χ4n) is 3.49. The first-order valence-electron chi connectivity index (χ1n) is 11.0. The Morgan fingerprint density at radius 2 is 1.36 bits per heavy atom. The molecule has 1 N–H and O–H groups in total. The minimum atomic E-state index is -1.13. The maximum absolute atomic E-state index is 12.6. The summed E-state index contributed by atoms with van der Waals surface area (Å²) < 4.78 is 27.1. The van der Waals surface area contributed by atoms with Gasteiger partial charge in [0.2, 0.25) is 5.76 Å². The maximum Gasteiger partial charge on any atom is 0.374 e. The van der Waals surface area contributed by atoms with E-state index in [9.17, 15) is 24.3 Å². The summed E-state index contributed by atoms with van der Waals surface area (Å²) in [6.45, 7) is 2.58. The van der Waals surface area contributed by atoms with Gasteiger partial charge in [0.05, 0.1) is 6.61 Å². The molecule has 1 atom stereocenters. The number of Topliss-reactive ketones (excluding diaryl/α,β-unsaturated/α-hetero) is 1. The Labute approximate surface area is 203 Å². The van der Waals surface area contributed by atoms with Crippen molar-refractivity contribution in [1.82, 2.24) is 0 Å². The van der Waals surface area contributed by atoms with Gasteiger partial charge in [-0.05, 0) is 31.2 Å². The second-order valence-corrected chi connectivity index (χ2v) is 7.76. The molecule has 0 bridgehead atoms. The summed E-state index contributed by atoms with van der Waals surface area (Å²) in [7, 11) is 0. The van der Waals surface area contributed by atoms with Crippen molar-refractivity contribution in [3.8, 4) is 11.5 Å². The Morgan fingerprint density at radius 1 is 0.861 bits per heavy atom. The van der Waals surface area contributed by atoms with Crippen molar-refractivity contribution in [2.45, 2.75) is 20.0 Å². The zero-order valence-corrected chi connectivity index (χ0v) is 19.4. The molecule has 4 aromatic rings. The molecule has 0 aliphatic heterocycles. The Morgan fingerprint density at radius 3 is 1.86 bits per heavy atom. The second-order valence-electron chi connectivity index (χ2n) is 7.76. The third kappa shape index (κ3) is 5.13. The molecule has 0 saturated heterocycles. The normalized spacial score (nSPS) is 11.9. The summed E-state index contributed by atoms with van der Waals surface area (Å²) in [5, 5.41) is 10.6. The van der Waals surface area contributed by atoms with E-state index in [4.69, 9.17) is 23.0 Å². The zero-order valence-electron chi connectivity index (χ0n) is 19.4. The first kappa shape index (κ1) is 24.7. The van der Waals surface area contributed by atoms with Crippen LogP contribution in [0.25, 0.3) is 21.9 Å². The van der Waals surface area contributed by atoms with Crippen LogP contribution < -0.4 is 20.3 Å². The van der Waals surface area contributed by atoms with Gasteiger partial charge in [0.25, 0.3) is 0 Å². The minimum absolute atomic E-state index is 0.0629. The van der Waals surface area contributed by atoms with Crippen molar-refractivity contribution in [2.75, 3.05) is 19.8 Å². The summed E-state index contributed by atoms with van der Waals surface area (Å²) in [5.74, 6) is -1.10. The summed E-state index contributed by atoms with van der Waals surface area (Å²) >= 11 is 0. The number of carbonyl (C=O) groups excluding carboxylic acids is 2. The number of ether oxygens (including phenoxy) is 3. The highest BCUT2D eigenvalue weighted by Crippen LogP contribution is 2.25. The van der Waals surface area contributed by atoms with Crippen LogP contribution in [0.15, 0.2) is 67.0 Å². The first-order valence-corrected chi connectivity index (χ1v) is 11.0. The van der Waals surface area contributed by atoms with E-state index in [0.717, 1.165) is 12.1 Å². The third-order valence-electron chi connectivity index (χ3n) is 5.12. The summed E-state index contributed by atoms with van der Waals surface area (Å²) in [6, 6.07) is 11.4. The van der Waals surface area contributed by atoms with Crippen molar-refractivity contribution in [2.24, 2.45) is 0 Å². The monoisotopic (exact) mass is 494 g/mol. The molecule has 1 unspecified atom stereocenters. The van der Waals surface area contributed by atoms with Crippen molar-refractivity contribution in [3.05, 3.63) is 80.5 Å². The lowest BCUT2D eigenvalue weighted by Crippen LogP contribution is -2.25. The molecule has 2 heterocycles. The second kappa shape index (κ2) is 10.4. The van der Waals surface area contributed by atoms with E-state index < -0.39 is 22.9 Å². The third-order valence-corrected chi connectivity index (χ3v) is 5.12. The molecule has 0 spiro atoms. The molecule has 10 nitrogen and oxygen atoms in total. The van der Waals surface area contributed by atoms with Gasteiger partial charge >= 0.3 is 5.97 Å². The van der Waals surface area contributed by atoms with Crippen LogP contribution in [-0.4, -0.2) is 42.8 Å². The average Bonchev–Trinajstić information content (AvgIpc) is 2.85. The van der Waals surface area contributed by atoms with Crippen molar-refractivity contribution >= 4 is 33.7 Å². The smallest absolute Gasteiger partial charge is 0.374 e. The van der Waals surface area contributed by atoms with Gasteiger partial charge in [0.15, 0.2) is 22.4 Å². The predicted octanol–water partition coefficient (Wildman–Crippen LogP) is 3.10. The van der Waals surface area contributed by atoms with E-state index in [2.05, 4.69) is 0 Å². The molecule has 0 aliphatic rings. The molecule has 0 amide bonds. The Balaban J connectivity index is 1.48. The number of aliphatic hydroxyl groups is 1. The SMILES string of the molecule is CCOC(=O)c1cc(=O)c2c(OCC(O)COc3cccc4oc(C(C)=O)cc(=O)c34)cccc2o1. The predicted molar refractivity (Wildman–Crippen MR) is 128 cm³/mol. The number of esters is 1. The molecule has 0 saturated carbocycles. The largest absolute Gasteiger partial charge is 0.490 e. The summed E-state index contributed by atoms with van der Waals surface area (Å²) in [5.41, 5.74) is -0.651. The highest BCUT2D eigenvalue weighted by atomic mass is 16.5. The van der Waals surface area contributed by atoms with E-state index >= 15 is 0 Å². The fourth-order valence-corrected chi connectivity index (χ4v) is 3.49. The van der Waals surface area contributed by atoms with Crippen molar-refractivity contribution in [3.63, 3.8) is 0 Å². The molecular weight excluding hydrogens is 472 g/mol. The van der Waals surface area contributed by atoms with Crippen LogP contribution in [0.2, 0.25) is 0 Å². The van der Waals surface area contributed by atoms with Crippen LogP contribution >= 0.6 is 0 Å². The molecule has 36 heavy (non-hydrogen) atoms. The molecule has 186 valence electrons. The molecule has 2 aromatic heterocycles. The molecule has 0 fully saturated rings. The quantitative estimate of drug-likeness (QED) is 0.272. The molecule has 2 aromatic carbocycles. The van der Waals surface area contributed by atoms with Crippen LogP contribution in [-0.2, 0) is 4.74 Å². The minimum Gasteiger partial charge on any atom is -0.490 e. The molecule has 4 rings (SSSR count). The highest BCUT2D eigenvalue weighted by Gasteiger charge is 2.18. The van der Waals surface area contributed by atoms with E-state index in [-0.39, 0.29) is 70.6 Å². The number of rotatable bonds is 9. The number of benzene rings is 2. The lowest BCUT2D eigenvalue weighted by Gasteiger charge is -2.15. The van der Waals surface area contributed by atoms with Crippen molar-refractivity contribution in [1.29, 1.82) is 0 Å².